The monoisotopic (exact) mass is 299 g/mol. The topological polar surface area (TPSA) is 84.7 Å². The van der Waals surface area contributed by atoms with Crippen molar-refractivity contribution < 1.29 is 13.2 Å². The van der Waals surface area contributed by atoms with Gasteiger partial charge in [0, 0.05) is 33.2 Å². The van der Waals surface area contributed by atoms with Gasteiger partial charge in [0.05, 0.1) is 22.9 Å². The smallest absolute Gasteiger partial charge is 0.242 e. The van der Waals surface area contributed by atoms with Gasteiger partial charge in [0.15, 0.2) is 0 Å². The number of hydrogen-bond donors (Lipinski definition) is 2. The molecule has 0 spiro atoms. The molecule has 7 heteroatoms. The van der Waals surface area contributed by atoms with E-state index in [9.17, 15) is 8.42 Å². The molecular weight excluding hydrogens is 278 g/mol. The zero-order chi connectivity index (χ0) is 14.8. The summed E-state index contributed by atoms with van der Waals surface area (Å²) in [5.74, 6) is 0.486. The van der Waals surface area contributed by atoms with Gasteiger partial charge in [-0.25, -0.2) is 12.7 Å². The van der Waals surface area contributed by atoms with E-state index in [1.807, 2.05) is 0 Å². The van der Waals surface area contributed by atoms with Gasteiger partial charge in [0.25, 0.3) is 0 Å². The fourth-order valence-corrected chi connectivity index (χ4v) is 3.01. The minimum atomic E-state index is -3.44. The van der Waals surface area contributed by atoms with E-state index >= 15 is 0 Å². The quantitative estimate of drug-likeness (QED) is 0.791. The van der Waals surface area contributed by atoms with Crippen molar-refractivity contribution in [3.63, 3.8) is 0 Å². The van der Waals surface area contributed by atoms with E-state index in [2.05, 4.69) is 5.32 Å². The maximum atomic E-state index is 12.0. The van der Waals surface area contributed by atoms with Crippen molar-refractivity contribution >= 4 is 21.4 Å². The molecule has 1 saturated heterocycles. The van der Waals surface area contributed by atoms with E-state index in [1.54, 1.807) is 12.1 Å². The largest absolute Gasteiger partial charge is 0.397 e. The standard InChI is InChI=1S/C13H21N3O3S/c1-16(2)20(17,18)11-3-4-13(12(14)7-11)15-8-10-5-6-19-9-10/h3-4,7,10,15H,5-6,8-9,14H2,1-2H3. The van der Waals surface area contributed by atoms with Gasteiger partial charge in [-0.15, -0.1) is 0 Å². The third-order valence-corrected chi connectivity index (χ3v) is 5.22. The molecule has 1 heterocycles. The number of anilines is 2. The average molecular weight is 299 g/mol. The van der Waals surface area contributed by atoms with Crippen LogP contribution >= 0.6 is 0 Å². The number of ether oxygens (including phenoxy) is 1. The molecule has 0 saturated carbocycles. The molecule has 1 atom stereocenters. The second kappa shape index (κ2) is 5.99. The van der Waals surface area contributed by atoms with Crippen LogP contribution in [0.2, 0.25) is 0 Å². The first-order valence-electron chi connectivity index (χ1n) is 6.55. The molecular formula is C13H21N3O3S. The van der Waals surface area contributed by atoms with E-state index in [1.165, 1.54) is 24.5 Å². The van der Waals surface area contributed by atoms with Gasteiger partial charge in [-0.1, -0.05) is 0 Å². The van der Waals surface area contributed by atoms with Gasteiger partial charge < -0.3 is 15.8 Å². The summed E-state index contributed by atoms with van der Waals surface area (Å²) in [6.45, 7) is 2.35. The fourth-order valence-electron chi connectivity index (χ4n) is 2.07. The molecule has 112 valence electrons. The van der Waals surface area contributed by atoms with Crippen LogP contribution in [0.3, 0.4) is 0 Å². The first-order valence-corrected chi connectivity index (χ1v) is 7.99. The third-order valence-electron chi connectivity index (χ3n) is 3.41. The molecule has 0 aromatic heterocycles. The lowest BCUT2D eigenvalue weighted by molar-refractivity contribution is 0.187. The van der Waals surface area contributed by atoms with Crippen LogP contribution in [-0.4, -0.2) is 46.6 Å². The molecule has 0 amide bonds. The molecule has 20 heavy (non-hydrogen) atoms. The third kappa shape index (κ3) is 3.23. The highest BCUT2D eigenvalue weighted by Crippen LogP contribution is 2.24. The van der Waals surface area contributed by atoms with E-state index in [-0.39, 0.29) is 4.90 Å². The van der Waals surface area contributed by atoms with Crippen molar-refractivity contribution in [1.82, 2.24) is 4.31 Å². The normalized spacial score (nSPS) is 19.4. The molecule has 1 fully saturated rings. The number of nitrogens with zero attached hydrogens (tertiary/aromatic N) is 1. The highest BCUT2D eigenvalue weighted by atomic mass is 32.2. The number of sulfonamides is 1. The molecule has 1 aliphatic heterocycles. The molecule has 3 N–H and O–H groups in total. The van der Waals surface area contributed by atoms with Crippen molar-refractivity contribution in [2.24, 2.45) is 5.92 Å². The average Bonchev–Trinajstić information content (AvgIpc) is 2.90. The zero-order valence-corrected chi connectivity index (χ0v) is 12.6. The first kappa shape index (κ1) is 15.1. The van der Waals surface area contributed by atoms with Crippen molar-refractivity contribution in [3.05, 3.63) is 18.2 Å². The van der Waals surface area contributed by atoms with Crippen molar-refractivity contribution in [2.75, 3.05) is 44.9 Å². The highest BCUT2D eigenvalue weighted by molar-refractivity contribution is 7.89. The number of hydrogen-bond acceptors (Lipinski definition) is 5. The molecule has 1 aliphatic rings. The van der Waals surface area contributed by atoms with E-state index in [4.69, 9.17) is 10.5 Å². The lowest BCUT2D eigenvalue weighted by atomic mass is 10.1. The molecule has 0 radical (unpaired) electrons. The number of benzene rings is 1. The van der Waals surface area contributed by atoms with Crippen LogP contribution < -0.4 is 11.1 Å². The zero-order valence-electron chi connectivity index (χ0n) is 11.8. The molecule has 0 aliphatic carbocycles. The van der Waals surface area contributed by atoms with Crippen LogP contribution in [0.15, 0.2) is 23.1 Å². The summed E-state index contributed by atoms with van der Waals surface area (Å²) in [5, 5.41) is 3.25. The second-order valence-electron chi connectivity index (χ2n) is 5.15. The summed E-state index contributed by atoms with van der Waals surface area (Å²) in [6.07, 6.45) is 1.04. The Morgan fingerprint density at radius 1 is 1.45 bits per heavy atom. The molecule has 1 aromatic rings. The second-order valence-corrected chi connectivity index (χ2v) is 7.30. The van der Waals surface area contributed by atoms with Crippen molar-refractivity contribution in [3.8, 4) is 0 Å². The van der Waals surface area contributed by atoms with Gasteiger partial charge in [-0.05, 0) is 24.6 Å². The Morgan fingerprint density at radius 2 is 2.20 bits per heavy atom. The Balaban J connectivity index is 2.09. The Morgan fingerprint density at radius 3 is 2.75 bits per heavy atom. The maximum absolute atomic E-state index is 12.0. The maximum Gasteiger partial charge on any atom is 0.242 e. The van der Waals surface area contributed by atoms with Gasteiger partial charge in [0.2, 0.25) is 10.0 Å². The molecule has 0 bridgehead atoms. The van der Waals surface area contributed by atoms with Gasteiger partial charge in [-0.3, -0.25) is 0 Å². The molecule has 2 rings (SSSR count). The van der Waals surface area contributed by atoms with E-state index < -0.39 is 10.0 Å². The Bertz CT molecular complexity index is 566. The SMILES string of the molecule is CN(C)S(=O)(=O)c1ccc(NCC2CCOC2)c(N)c1. The minimum Gasteiger partial charge on any atom is -0.397 e. The van der Waals surface area contributed by atoms with Crippen LogP contribution in [0.1, 0.15) is 6.42 Å². The minimum absolute atomic E-state index is 0.203. The molecule has 1 unspecified atom stereocenters. The highest BCUT2D eigenvalue weighted by Gasteiger charge is 2.19. The van der Waals surface area contributed by atoms with Crippen LogP contribution in [0.4, 0.5) is 11.4 Å². The molecule has 6 nitrogen and oxygen atoms in total. The fraction of sp³-hybridized carbons (Fsp3) is 0.538. The number of rotatable bonds is 5. The van der Waals surface area contributed by atoms with Gasteiger partial charge in [-0.2, -0.15) is 0 Å². The van der Waals surface area contributed by atoms with Crippen molar-refractivity contribution in [1.29, 1.82) is 0 Å². The number of nitrogens with two attached hydrogens (primary N) is 1. The Kier molecular flexibility index (Phi) is 4.52. The lowest BCUT2D eigenvalue weighted by Crippen LogP contribution is -2.22. The van der Waals surface area contributed by atoms with Crippen LogP contribution in [0.5, 0.6) is 0 Å². The predicted octanol–water partition coefficient (Wildman–Crippen LogP) is 0.967. The number of nitrogen functional groups attached to an aromatic ring is 1. The summed E-state index contributed by atoms with van der Waals surface area (Å²) >= 11 is 0. The van der Waals surface area contributed by atoms with Crippen LogP contribution in [0, 0.1) is 5.92 Å². The van der Waals surface area contributed by atoms with Crippen molar-refractivity contribution in [2.45, 2.75) is 11.3 Å². The summed E-state index contributed by atoms with van der Waals surface area (Å²) in [6, 6.07) is 4.77. The van der Waals surface area contributed by atoms with Crippen LogP contribution in [0.25, 0.3) is 0 Å². The van der Waals surface area contributed by atoms with Gasteiger partial charge >= 0.3 is 0 Å². The van der Waals surface area contributed by atoms with Gasteiger partial charge in [0.1, 0.15) is 0 Å². The summed E-state index contributed by atoms with van der Waals surface area (Å²) in [7, 11) is -0.446. The molecule has 1 aromatic carbocycles. The predicted molar refractivity (Wildman–Crippen MR) is 79.1 cm³/mol. The lowest BCUT2D eigenvalue weighted by Gasteiger charge is -2.15. The van der Waals surface area contributed by atoms with E-state index in [0.717, 1.165) is 31.9 Å². The summed E-state index contributed by atoms with van der Waals surface area (Å²) < 4.78 is 30.5. The number of nitrogens with one attached hydrogen (secondary N) is 1. The van der Waals surface area contributed by atoms with Crippen LogP contribution in [-0.2, 0) is 14.8 Å². The summed E-state index contributed by atoms with van der Waals surface area (Å²) in [5.41, 5.74) is 7.12. The van der Waals surface area contributed by atoms with E-state index in [0.29, 0.717) is 11.6 Å². The Labute approximate surface area is 120 Å². The Hall–Kier alpha value is -1.31. The first-order chi connectivity index (χ1) is 9.41. The summed E-state index contributed by atoms with van der Waals surface area (Å²) in [4.78, 5) is 0.203.